The molecule has 1 amide bonds. The van der Waals surface area contributed by atoms with Crippen LogP contribution in [-0.4, -0.2) is 26.8 Å². The number of rotatable bonds is 8. The van der Waals surface area contributed by atoms with Crippen molar-refractivity contribution >= 4 is 21.9 Å². The number of amides is 1. The highest BCUT2D eigenvalue weighted by Crippen LogP contribution is 2.10. The predicted molar refractivity (Wildman–Crippen MR) is 126 cm³/mol. The molecule has 0 fully saturated rings. The number of nitrogens with zero attached hydrogens (tertiary/aromatic N) is 1. The first-order valence-electron chi connectivity index (χ1n) is 10.2. The maximum absolute atomic E-state index is 12.9. The molecule has 7 nitrogen and oxygen atoms in total. The molecule has 0 saturated heterocycles. The number of nitrogens with two attached hydrogens (primary N) is 1. The van der Waals surface area contributed by atoms with E-state index in [9.17, 15) is 17.6 Å². The Labute approximate surface area is 192 Å². The quantitative estimate of drug-likeness (QED) is 0.348. The van der Waals surface area contributed by atoms with Gasteiger partial charge in [0.2, 0.25) is 5.96 Å². The molecule has 0 spiro atoms. The predicted octanol–water partition coefficient (Wildman–Crippen LogP) is 2.90. The van der Waals surface area contributed by atoms with Crippen LogP contribution < -0.4 is 15.8 Å². The smallest absolute Gasteiger partial charge is 0.264 e. The summed E-state index contributed by atoms with van der Waals surface area (Å²) in [6.07, 6.45) is 0.594. The molecule has 172 valence electrons. The number of sulfonamides is 1. The van der Waals surface area contributed by atoms with Crippen LogP contribution in [0.4, 0.5) is 4.39 Å². The number of carbonyl (C=O) groups excluding carboxylic acids is 1. The van der Waals surface area contributed by atoms with Gasteiger partial charge in [-0.3, -0.25) is 4.79 Å². The molecule has 4 N–H and O–H groups in total. The monoisotopic (exact) mass is 468 g/mol. The minimum atomic E-state index is -3.81. The van der Waals surface area contributed by atoms with Crippen LogP contribution in [0.25, 0.3) is 0 Å². The van der Waals surface area contributed by atoms with Crippen LogP contribution in [0.15, 0.2) is 82.7 Å². The Kier molecular flexibility index (Phi) is 7.78. The highest BCUT2D eigenvalue weighted by Gasteiger charge is 2.14. The Hall–Kier alpha value is -3.72. The molecular weight excluding hydrogens is 443 g/mol. The Balaban J connectivity index is 1.50. The lowest BCUT2D eigenvalue weighted by molar-refractivity contribution is 0.0954. The summed E-state index contributed by atoms with van der Waals surface area (Å²) in [7, 11) is -3.81. The van der Waals surface area contributed by atoms with Crippen LogP contribution >= 0.6 is 0 Å². The number of carbonyl (C=O) groups is 1. The second-order valence-corrected chi connectivity index (χ2v) is 9.13. The number of hydrogen-bond acceptors (Lipinski definition) is 4. The molecule has 9 heteroatoms. The van der Waals surface area contributed by atoms with Gasteiger partial charge in [0.25, 0.3) is 15.9 Å². The molecule has 0 aliphatic rings. The summed E-state index contributed by atoms with van der Waals surface area (Å²) < 4.78 is 39.9. The standard InChI is InChI=1S/C24H25FN4O3S/c1-17-2-12-22(13-3-17)33(31,32)29-24(26)28-16-19-4-8-20(9-5-19)23(30)27-15-14-18-6-10-21(25)11-7-18/h2-13H,14-16H2,1H3,(H,27,30)(H3,26,28,29). The minimum Gasteiger partial charge on any atom is -0.369 e. The molecule has 3 rings (SSSR count). The number of aliphatic imine (C=N–C) groups is 1. The molecule has 33 heavy (non-hydrogen) atoms. The van der Waals surface area contributed by atoms with E-state index in [2.05, 4.69) is 15.0 Å². The highest BCUT2D eigenvalue weighted by molar-refractivity contribution is 7.90. The highest BCUT2D eigenvalue weighted by atomic mass is 32.2. The van der Waals surface area contributed by atoms with Crippen molar-refractivity contribution in [2.24, 2.45) is 10.7 Å². The van der Waals surface area contributed by atoms with E-state index in [4.69, 9.17) is 5.73 Å². The van der Waals surface area contributed by atoms with Crippen molar-refractivity contribution in [1.29, 1.82) is 0 Å². The number of nitrogens with one attached hydrogen (secondary N) is 2. The van der Waals surface area contributed by atoms with Crippen LogP contribution in [0.3, 0.4) is 0 Å². The molecule has 3 aromatic carbocycles. The minimum absolute atomic E-state index is 0.0982. The van der Waals surface area contributed by atoms with Crippen molar-refractivity contribution in [2.45, 2.75) is 24.8 Å². The number of aryl methyl sites for hydroxylation is 1. The molecule has 0 saturated carbocycles. The van der Waals surface area contributed by atoms with E-state index in [1.165, 1.54) is 24.3 Å². The molecule has 0 aliphatic carbocycles. The molecule has 0 bridgehead atoms. The van der Waals surface area contributed by atoms with E-state index in [-0.39, 0.29) is 29.1 Å². The van der Waals surface area contributed by atoms with E-state index < -0.39 is 10.0 Å². The third kappa shape index (κ3) is 7.15. The van der Waals surface area contributed by atoms with Gasteiger partial charge in [-0.1, -0.05) is 42.0 Å². The van der Waals surface area contributed by atoms with Crippen molar-refractivity contribution in [1.82, 2.24) is 10.0 Å². The first-order valence-corrected chi connectivity index (χ1v) is 11.7. The van der Waals surface area contributed by atoms with Gasteiger partial charge in [-0.2, -0.15) is 0 Å². The van der Waals surface area contributed by atoms with Gasteiger partial charge in [0.05, 0.1) is 11.4 Å². The van der Waals surface area contributed by atoms with Crippen LogP contribution in [0, 0.1) is 12.7 Å². The fourth-order valence-corrected chi connectivity index (χ4v) is 3.91. The normalized spacial score (nSPS) is 11.8. The summed E-state index contributed by atoms with van der Waals surface area (Å²) in [4.78, 5) is 16.4. The van der Waals surface area contributed by atoms with Gasteiger partial charge in [-0.15, -0.1) is 0 Å². The second-order valence-electron chi connectivity index (χ2n) is 7.45. The zero-order valence-electron chi connectivity index (χ0n) is 18.1. The Morgan fingerprint density at radius 3 is 2.18 bits per heavy atom. The maximum Gasteiger partial charge on any atom is 0.264 e. The molecule has 0 aromatic heterocycles. The van der Waals surface area contributed by atoms with E-state index in [0.717, 1.165) is 16.7 Å². The fourth-order valence-electron chi connectivity index (χ4n) is 2.96. The first kappa shape index (κ1) is 23.9. The van der Waals surface area contributed by atoms with Crippen LogP contribution in [0.5, 0.6) is 0 Å². The van der Waals surface area contributed by atoms with E-state index >= 15 is 0 Å². The number of benzene rings is 3. The second kappa shape index (κ2) is 10.7. The molecule has 0 radical (unpaired) electrons. The van der Waals surface area contributed by atoms with Gasteiger partial charge < -0.3 is 11.1 Å². The lowest BCUT2D eigenvalue weighted by atomic mass is 10.1. The van der Waals surface area contributed by atoms with Crippen molar-refractivity contribution < 1.29 is 17.6 Å². The van der Waals surface area contributed by atoms with Crippen molar-refractivity contribution in [3.8, 4) is 0 Å². The Morgan fingerprint density at radius 1 is 0.939 bits per heavy atom. The molecule has 0 unspecified atom stereocenters. The van der Waals surface area contributed by atoms with Gasteiger partial charge in [0.15, 0.2) is 0 Å². The number of hydrogen-bond donors (Lipinski definition) is 3. The van der Waals surface area contributed by atoms with Crippen molar-refractivity contribution in [3.05, 3.63) is 101 Å². The van der Waals surface area contributed by atoms with E-state index in [1.807, 2.05) is 6.92 Å². The van der Waals surface area contributed by atoms with Gasteiger partial charge in [0, 0.05) is 12.1 Å². The van der Waals surface area contributed by atoms with Gasteiger partial charge in [-0.25, -0.2) is 22.5 Å². The first-order chi connectivity index (χ1) is 15.7. The topological polar surface area (TPSA) is 114 Å². The largest absolute Gasteiger partial charge is 0.369 e. The fraction of sp³-hybridized carbons (Fsp3) is 0.167. The Bertz CT molecular complexity index is 1220. The molecule has 3 aromatic rings. The van der Waals surface area contributed by atoms with E-state index in [0.29, 0.717) is 18.5 Å². The van der Waals surface area contributed by atoms with Gasteiger partial charge in [0.1, 0.15) is 5.82 Å². The van der Waals surface area contributed by atoms with Crippen LogP contribution in [0.2, 0.25) is 0 Å². The van der Waals surface area contributed by atoms with Crippen molar-refractivity contribution in [2.75, 3.05) is 6.54 Å². The third-order valence-electron chi connectivity index (χ3n) is 4.83. The number of guanidine groups is 1. The molecule has 0 aliphatic heterocycles. The van der Waals surface area contributed by atoms with E-state index in [1.54, 1.807) is 48.5 Å². The zero-order chi connectivity index (χ0) is 23.8. The summed E-state index contributed by atoms with van der Waals surface area (Å²) in [6.45, 7) is 2.44. The lowest BCUT2D eigenvalue weighted by Gasteiger charge is -2.08. The maximum atomic E-state index is 12.9. The zero-order valence-corrected chi connectivity index (χ0v) is 18.9. The van der Waals surface area contributed by atoms with Crippen molar-refractivity contribution in [3.63, 3.8) is 0 Å². The van der Waals surface area contributed by atoms with Gasteiger partial charge >= 0.3 is 0 Å². The molecular formula is C24H25FN4O3S. The average molecular weight is 469 g/mol. The summed E-state index contributed by atoms with van der Waals surface area (Å²) in [5.41, 5.74) is 8.86. The summed E-state index contributed by atoms with van der Waals surface area (Å²) in [5, 5.41) is 2.82. The third-order valence-corrected chi connectivity index (χ3v) is 6.20. The summed E-state index contributed by atoms with van der Waals surface area (Å²) >= 11 is 0. The molecule has 0 atom stereocenters. The average Bonchev–Trinajstić information content (AvgIpc) is 2.79. The van der Waals surface area contributed by atoms with Crippen LogP contribution in [-0.2, 0) is 23.0 Å². The van der Waals surface area contributed by atoms with Gasteiger partial charge in [-0.05, 0) is 60.9 Å². The SMILES string of the molecule is Cc1ccc(S(=O)(=O)NC(N)=NCc2ccc(C(=O)NCCc3ccc(F)cc3)cc2)cc1. The summed E-state index contributed by atoms with van der Waals surface area (Å²) in [6, 6.07) is 19.3. The summed E-state index contributed by atoms with van der Waals surface area (Å²) in [5.74, 6) is -0.742. The van der Waals surface area contributed by atoms with Crippen LogP contribution in [0.1, 0.15) is 27.0 Å². The Morgan fingerprint density at radius 2 is 1.55 bits per heavy atom. The number of halogens is 1. The lowest BCUT2D eigenvalue weighted by Crippen LogP contribution is -2.36. The molecule has 0 heterocycles.